The number of aromatic amines is 1. The molecule has 110 valence electrons. The first-order chi connectivity index (χ1) is 10.2. The monoisotopic (exact) mass is 286 g/mol. The standard InChI is InChI=1S/C15H18N4O2/c1-21-12-7-2-10(3-8-12)4-9-13-16-15(19-18-13)17-14(20)11-5-6-11/h2-3,7-8,11H,4-6,9H2,1H3,(H2,16,17,18,19,20). The number of carbonyl (C=O) groups excluding carboxylic acids is 1. The lowest BCUT2D eigenvalue weighted by Crippen LogP contribution is -2.14. The van der Waals surface area contributed by atoms with Gasteiger partial charge in [0.25, 0.3) is 0 Å². The van der Waals surface area contributed by atoms with Gasteiger partial charge in [-0.1, -0.05) is 12.1 Å². The van der Waals surface area contributed by atoms with Gasteiger partial charge in [-0.2, -0.15) is 4.98 Å². The highest BCUT2D eigenvalue weighted by Crippen LogP contribution is 2.29. The molecule has 1 amide bonds. The van der Waals surface area contributed by atoms with Gasteiger partial charge in [-0.05, 0) is 37.0 Å². The van der Waals surface area contributed by atoms with E-state index in [2.05, 4.69) is 20.5 Å². The third-order valence-electron chi connectivity index (χ3n) is 3.52. The number of carbonyl (C=O) groups is 1. The molecule has 0 aliphatic heterocycles. The molecule has 1 aliphatic carbocycles. The zero-order valence-corrected chi connectivity index (χ0v) is 11.9. The smallest absolute Gasteiger partial charge is 0.248 e. The van der Waals surface area contributed by atoms with E-state index in [1.807, 2.05) is 24.3 Å². The second-order valence-electron chi connectivity index (χ2n) is 5.22. The van der Waals surface area contributed by atoms with Crippen LogP contribution in [0, 0.1) is 5.92 Å². The van der Waals surface area contributed by atoms with Crippen LogP contribution in [0.15, 0.2) is 24.3 Å². The molecular weight excluding hydrogens is 268 g/mol. The minimum atomic E-state index is 0.0238. The number of anilines is 1. The summed E-state index contributed by atoms with van der Waals surface area (Å²) in [5.74, 6) is 2.18. The molecule has 2 N–H and O–H groups in total. The number of nitrogens with one attached hydrogen (secondary N) is 2. The summed E-state index contributed by atoms with van der Waals surface area (Å²) in [7, 11) is 1.65. The van der Waals surface area contributed by atoms with Crippen LogP contribution < -0.4 is 10.1 Å². The summed E-state index contributed by atoms with van der Waals surface area (Å²) in [6.07, 6.45) is 3.55. The maximum absolute atomic E-state index is 11.6. The number of hydrogen-bond donors (Lipinski definition) is 2. The Morgan fingerprint density at radius 3 is 2.76 bits per heavy atom. The average Bonchev–Trinajstić information content (AvgIpc) is 3.27. The van der Waals surface area contributed by atoms with E-state index in [4.69, 9.17) is 4.74 Å². The number of H-pyrrole nitrogens is 1. The molecule has 3 rings (SSSR count). The van der Waals surface area contributed by atoms with E-state index < -0.39 is 0 Å². The number of methoxy groups -OCH3 is 1. The molecular formula is C15H18N4O2. The highest BCUT2D eigenvalue weighted by molar-refractivity contribution is 5.92. The maximum Gasteiger partial charge on any atom is 0.248 e. The second-order valence-corrected chi connectivity index (χ2v) is 5.22. The fourth-order valence-electron chi connectivity index (χ4n) is 2.08. The second kappa shape index (κ2) is 5.95. The fourth-order valence-corrected chi connectivity index (χ4v) is 2.08. The normalized spacial score (nSPS) is 14.0. The molecule has 0 bridgehead atoms. The van der Waals surface area contributed by atoms with Crippen LogP contribution in [0.4, 0.5) is 5.95 Å². The zero-order chi connectivity index (χ0) is 14.7. The SMILES string of the molecule is COc1ccc(CCc2nc(NC(=O)C3CC3)n[nH]2)cc1. The van der Waals surface area contributed by atoms with Gasteiger partial charge in [0, 0.05) is 12.3 Å². The molecule has 6 heteroatoms. The Labute approximate surface area is 122 Å². The molecule has 1 heterocycles. The van der Waals surface area contributed by atoms with Crippen molar-refractivity contribution in [2.45, 2.75) is 25.7 Å². The van der Waals surface area contributed by atoms with Gasteiger partial charge in [0.15, 0.2) is 0 Å². The van der Waals surface area contributed by atoms with Gasteiger partial charge in [-0.3, -0.25) is 15.2 Å². The van der Waals surface area contributed by atoms with E-state index in [0.29, 0.717) is 5.95 Å². The molecule has 0 spiro atoms. The lowest BCUT2D eigenvalue weighted by Gasteiger charge is -2.02. The Hall–Kier alpha value is -2.37. The molecule has 0 saturated heterocycles. The van der Waals surface area contributed by atoms with Crippen molar-refractivity contribution in [1.82, 2.24) is 15.2 Å². The van der Waals surface area contributed by atoms with Crippen LogP contribution in [-0.2, 0) is 17.6 Å². The van der Waals surface area contributed by atoms with E-state index in [-0.39, 0.29) is 11.8 Å². The van der Waals surface area contributed by atoms with Crippen molar-refractivity contribution in [3.63, 3.8) is 0 Å². The van der Waals surface area contributed by atoms with Gasteiger partial charge in [0.2, 0.25) is 11.9 Å². The number of ether oxygens (including phenoxy) is 1. The molecule has 2 aromatic rings. The molecule has 0 atom stereocenters. The molecule has 1 aromatic carbocycles. The average molecular weight is 286 g/mol. The highest BCUT2D eigenvalue weighted by Gasteiger charge is 2.30. The van der Waals surface area contributed by atoms with Crippen molar-refractivity contribution in [3.8, 4) is 5.75 Å². The first-order valence-corrected chi connectivity index (χ1v) is 7.09. The van der Waals surface area contributed by atoms with E-state index in [1.54, 1.807) is 7.11 Å². The molecule has 1 aliphatic rings. The molecule has 0 radical (unpaired) electrons. The van der Waals surface area contributed by atoms with Crippen molar-refractivity contribution in [2.24, 2.45) is 5.92 Å². The van der Waals surface area contributed by atoms with E-state index in [9.17, 15) is 4.79 Å². The highest BCUT2D eigenvalue weighted by atomic mass is 16.5. The lowest BCUT2D eigenvalue weighted by atomic mass is 10.1. The number of nitrogens with zero attached hydrogens (tertiary/aromatic N) is 2. The number of rotatable bonds is 6. The van der Waals surface area contributed by atoms with Crippen molar-refractivity contribution < 1.29 is 9.53 Å². The summed E-state index contributed by atoms with van der Waals surface area (Å²) < 4.78 is 5.13. The van der Waals surface area contributed by atoms with Crippen molar-refractivity contribution in [2.75, 3.05) is 12.4 Å². The van der Waals surface area contributed by atoms with Crippen LogP contribution in [0.5, 0.6) is 5.75 Å². The first kappa shape index (κ1) is 13.6. The Bertz CT molecular complexity index is 617. The Morgan fingerprint density at radius 1 is 1.33 bits per heavy atom. The van der Waals surface area contributed by atoms with Crippen LogP contribution in [0.3, 0.4) is 0 Å². The molecule has 21 heavy (non-hydrogen) atoms. The summed E-state index contributed by atoms with van der Waals surface area (Å²) in [5.41, 5.74) is 1.20. The van der Waals surface area contributed by atoms with E-state index in [0.717, 1.165) is 37.3 Å². The number of aromatic nitrogens is 3. The van der Waals surface area contributed by atoms with Gasteiger partial charge in [-0.25, -0.2) is 0 Å². The lowest BCUT2D eigenvalue weighted by molar-refractivity contribution is -0.117. The predicted molar refractivity (Wildman–Crippen MR) is 78.1 cm³/mol. The number of aryl methyl sites for hydroxylation is 2. The van der Waals surface area contributed by atoms with Gasteiger partial charge in [-0.15, -0.1) is 5.10 Å². The topological polar surface area (TPSA) is 79.9 Å². The maximum atomic E-state index is 11.6. The Morgan fingerprint density at radius 2 is 2.10 bits per heavy atom. The van der Waals surface area contributed by atoms with Crippen LogP contribution in [0.25, 0.3) is 0 Å². The number of amides is 1. The molecule has 1 aromatic heterocycles. The largest absolute Gasteiger partial charge is 0.497 e. The van der Waals surface area contributed by atoms with E-state index in [1.165, 1.54) is 5.56 Å². The van der Waals surface area contributed by atoms with Gasteiger partial charge < -0.3 is 4.74 Å². The zero-order valence-electron chi connectivity index (χ0n) is 11.9. The summed E-state index contributed by atoms with van der Waals surface area (Å²) in [6.45, 7) is 0. The van der Waals surface area contributed by atoms with Gasteiger partial charge in [0.1, 0.15) is 11.6 Å². The van der Waals surface area contributed by atoms with Crippen LogP contribution in [0.1, 0.15) is 24.2 Å². The number of benzene rings is 1. The molecule has 6 nitrogen and oxygen atoms in total. The summed E-state index contributed by atoms with van der Waals surface area (Å²) in [4.78, 5) is 15.9. The minimum absolute atomic E-state index is 0.0238. The minimum Gasteiger partial charge on any atom is -0.497 e. The quantitative estimate of drug-likeness (QED) is 0.850. The summed E-state index contributed by atoms with van der Waals surface area (Å²) in [6, 6.07) is 7.95. The summed E-state index contributed by atoms with van der Waals surface area (Å²) in [5, 5.41) is 9.61. The first-order valence-electron chi connectivity index (χ1n) is 7.09. The number of hydrogen-bond acceptors (Lipinski definition) is 4. The summed E-state index contributed by atoms with van der Waals surface area (Å²) >= 11 is 0. The van der Waals surface area contributed by atoms with Gasteiger partial charge >= 0.3 is 0 Å². The van der Waals surface area contributed by atoms with Crippen molar-refractivity contribution in [1.29, 1.82) is 0 Å². The Balaban J connectivity index is 1.52. The molecule has 0 unspecified atom stereocenters. The fraction of sp³-hybridized carbons (Fsp3) is 0.400. The Kier molecular flexibility index (Phi) is 3.85. The van der Waals surface area contributed by atoms with Crippen LogP contribution in [-0.4, -0.2) is 28.2 Å². The molecule has 1 fully saturated rings. The van der Waals surface area contributed by atoms with Gasteiger partial charge in [0.05, 0.1) is 7.11 Å². The van der Waals surface area contributed by atoms with Crippen molar-refractivity contribution >= 4 is 11.9 Å². The van der Waals surface area contributed by atoms with E-state index >= 15 is 0 Å². The third-order valence-corrected chi connectivity index (χ3v) is 3.52. The van der Waals surface area contributed by atoms with Crippen LogP contribution >= 0.6 is 0 Å². The predicted octanol–water partition coefficient (Wildman–Crippen LogP) is 1.95. The van der Waals surface area contributed by atoms with Crippen LogP contribution in [0.2, 0.25) is 0 Å². The third kappa shape index (κ3) is 3.59. The molecule has 1 saturated carbocycles. The van der Waals surface area contributed by atoms with Crippen molar-refractivity contribution in [3.05, 3.63) is 35.7 Å².